The summed E-state index contributed by atoms with van der Waals surface area (Å²) in [6, 6.07) is 71.0. The van der Waals surface area contributed by atoms with E-state index in [9.17, 15) is 0 Å². The zero-order chi connectivity index (χ0) is 36.3. The molecule has 0 fully saturated rings. The maximum atomic E-state index is 6.56. The molecule has 2 aromatic heterocycles. The molecule has 0 spiro atoms. The molecule has 11 aromatic rings. The largest absolute Gasteiger partial charge is 0.435 e. The number of oxazole rings is 1. The standard InChI is InChI=1S/C51H33N3O/c1-4-13-37(14-5-1)51-52-46-32-28-36-24-23-35-27-31-41(33-45(35)48(36)50(46)55-51)53(38-15-6-2-7-16-38)40-29-25-34(26-30-40)42-20-12-21-44-43-19-10-11-22-47(43)54(49(42)44)39-17-8-3-9-18-39/h1-33H. The van der Waals surface area contributed by atoms with Crippen molar-refractivity contribution in [3.8, 4) is 28.3 Å². The molecule has 0 atom stereocenters. The molecule has 258 valence electrons. The van der Waals surface area contributed by atoms with Gasteiger partial charge < -0.3 is 13.9 Å². The van der Waals surface area contributed by atoms with Crippen LogP contribution in [-0.2, 0) is 0 Å². The number of hydrogen-bond donors (Lipinski definition) is 0. The van der Waals surface area contributed by atoms with Crippen LogP contribution in [0.2, 0.25) is 0 Å². The predicted octanol–water partition coefficient (Wildman–Crippen LogP) is 14.0. The van der Waals surface area contributed by atoms with Crippen LogP contribution in [0.3, 0.4) is 0 Å². The highest BCUT2D eigenvalue weighted by atomic mass is 16.3. The van der Waals surface area contributed by atoms with Gasteiger partial charge in [-0.3, -0.25) is 0 Å². The van der Waals surface area contributed by atoms with Gasteiger partial charge in [-0.25, -0.2) is 4.98 Å². The molecule has 0 radical (unpaired) electrons. The number of rotatable bonds is 6. The third-order valence-electron chi connectivity index (χ3n) is 10.8. The first-order chi connectivity index (χ1) is 27.3. The lowest BCUT2D eigenvalue weighted by Gasteiger charge is -2.26. The van der Waals surface area contributed by atoms with Gasteiger partial charge in [0, 0.05) is 50.0 Å². The van der Waals surface area contributed by atoms with Gasteiger partial charge in [-0.05, 0) is 94.5 Å². The van der Waals surface area contributed by atoms with Gasteiger partial charge in [0.25, 0.3) is 0 Å². The molecular weight excluding hydrogens is 671 g/mol. The van der Waals surface area contributed by atoms with Gasteiger partial charge in [0.2, 0.25) is 5.89 Å². The summed E-state index contributed by atoms with van der Waals surface area (Å²) in [6.45, 7) is 0. The van der Waals surface area contributed by atoms with Gasteiger partial charge in [-0.15, -0.1) is 0 Å². The first kappa shape index (κ1) is 31.1. The van der Waals surface area contributed by atoms with Crippen LogP contribution in [0, 0.1) is 0 Å². The normalized spacial score (nSPS) is 11.6. The van der Waals surface area contributed by atoms with E-state index in [4.69, 9.17) is 9.40 Å². The fourth-order valence-electron chi connectivity index (χ4n) is 8.26. The van der Waals surface area contributed by atoms with Crippen LogP contribution in [0.25, 0.3) is 82.7 Å². The zero-order valence-corrected chi connectivity index (χ0v) is 29.8. The Bertz CT molecular complexity index is 3180. The molecule has 4 heteroatoms. The van der Waals surface area contributed by atoms with Crippen LogP contribution in [-0.4, -0.2) is 9.55 Å². The molecule has 0 aliphatic carbocycles. The highest BCUT2D eigenvalue weighted by Gasteiger charge is 2.19. The summed E-state index contributed by atoms with van der Waals surface area (Å²) in [6.07, 6.45) is 0. The third-order valence-corrected chi connectivity index (χ3v) is 10.8. The highest BCUT2D eigenvalue weighted by molar-refractivity contribution is 6.19. The molecule has 4 nitrogen and oxygen atoms in total. The number of aromatic nitrogens is 2. The van der Waals surface area contributed by atoms with Gasteiger partial charge in [-0.2, -0.15) is 0 Å². The summed E-state index contributed by atoms with van der Waals surface area (Å²) in [5.74, 6) is 0.627. The minimum absolute atomic E-state index is 0.627. The van der Waals surface area contributed by atoms with E-state index in [1.165, 1.54) is 27.4 Å². The van der Waals surface area contributed by atoms with Gasteiger partial charge in [0.15, 0.2) is 5.58 Å². The number of fused-ring (bicyclic) bond motifs is 8. The molecular formula is C51H33N3O. The minimum atomic E-state index is 0.627. The molecule has 0 aliphatic rings. The van der Waals surface area contributed by atoms with Gasteiger partial charge in [0.1, 0.15) is 5.52 Å². The fraction of sp³-hybridized carbons (Fsp3) is 0. The van der Waals surface area contributed by atoms with Crippen LogP contribution >= 0.6 is 0 Å². The second-order valence-electron chi connectivity index (χ2n) is 14.0. The average molecular weight is 704 g/mol. The topological polar surface area (TPSA) is 34.2 Å². The van der Waals surface area contributed by atoms with E-state index in [1.54, 1.807) is 0 Å². The smallest absolute Gasteiger partial charge is 0.227 e. The monoisotopic (exact) mass is 703 g/mol. The fourth-order valence-corrected chi connectivity index (χ4v) is 8.26. The van der Waals surface area contributed by atoms with Gasteiger partial charge in [-0.1, -0.05) is 127 Å². The van der Waals surface area contributed by atoms with E-state index in [0.717, 1.165) is 66.5 Å². The number of hydrogen-bond acceptors (Lipinski definition) is 3. The Morgan fingerprint density at radius 2 is 1.09 bits per heavy atom. The SMILES string of the molecule is c1ccc(-c2nc3ccc4ccc5ccc(N(c6ccccc6)c6ccc(-c7cccc8c9ccccc9n(-c9ccccc9)c78)cc6)cc5c4c3o2)cc1. The molecule has 0 saturated heterocycles. The Morgan fingerprint density at radius 1 is 0.455 bits per heavy atom. The Kier molecular flexibility index (Phi) is 7.14. The molecule has 55 heavy (non-hydrogen) atoms. The lowest BCUT2D eigenvalue weighted by molar-refractivity contribution is 0.623. The van der Waals surface area contributed by atoms with E-state index in [-0.39, 0.29) is 0 Å². The summed E-state index contributed by atoms with van der Waals surface area (Å²) >= 11 is 0. The molecule has 2 heterocycles. The minimum Gasteiger partial charge on any atom is -0.435 e. The number of benzene rings is 9. The lowest BCUT2D eigenvalue weighted by Crippen LogP contribution is -2.09. The van der Waals surface area contributed by atoms with Crippen molar-refractivity contribution in [1.82, 2.24) is 9.55 Å². The summed E-state index contributed by atoms with van der Waals surface area (Å²) < 4.78 is 8.96. The Morgan fingerprint density at radius 3 is 1.91 bits per heavy atom. The maximum absolute atomic E-state index is 6.56. The third kappa shape index (κ3) is 5.11. The number of anilines is 3. The first-order valence-electron chi connectivity index (χ1n) is 18.6. The van der Waals surface area contributed by atoms with Crippen molar-refractivity contribution in [3.63, 3.8) is 0 Å². The van der Waals surface area contributed by atoms with Crippen molar-refractivity contribution < 1.29 is 4.42 Å². The van der Waals surface area contributed by atoms with E-state index in [1.807, 2.05) is 30.3 Å². The maximum Gasteiger partial charge on any atom is 0.227 e. The number of para-hydroxylation sites is 4. The molecule has 0 amide bonds. The molecule has 0 N–H and O–H groups in total. The molecule has 0 bridgehead atoms. The predicted molar refractivity (Wildman–Crippen MR) is 229 cm³/mol. The second-order valence-corrected chi connectivity index (χ2v) is 14.0. The van der Waals surface area contributed by atoms with Crippen LogP contribution in [0.1, 0.15) is 0 Å². The first-order valence-corrected chi connectivity index (χ1v) is 18.6. The summed E-state index contributed by atoms with van der Waals surface area (Å²) in [7, 11) is 0. The van der Waals surface area contributed by atoms with Crippen LogP contribution < -0.4 is 4.90 Å². The van der Waals surface area contributed by atoms with Crippen molar-refractivity contribution in [2.24, 2.45) is 0 Å². The molecule has 0 unspecified atom stereocenters. The zero-order valence-electron chi connectivity index (χ0n) is 29.8. The van der Waals surface area contributed by atoms with Crippen LogP contribution in [0.15, 0.2) is 205 Å². The van der Waals surface area contributed by atoms with Crippen LogP contribution in [0.4, 0.5) is 17.1 Å². The number of nitrogens with zero attached hydrogens (tertiary/aromatic N) is 3. The quantitative estimate of drug-likeness (QED) is 0.162. The lowest BCUT2D eigenvalue weighted by atomic mass is 9.99. The van der Waals surface area contributed by atoms with E-state index in [2.05, 4.69) is 179 Å². The Balaban J connectivity index is 1.07. The van der Waals surface area contributed by atoms with Gasteiger partial charge in [0.05, 0.1) is 11.0 Å². The molecule has 0 aliphatic heterocycles. The van der Waals surface area contributed by atoms with Crippen molar-refractivity contribution in [2.45, 2.75) is 0 Å². The van der Waals surface area contributed by atoms with Crippen molar-refractivity contribution in [3.05, 3.63) is 200 Å². The second kappa shape index (κ2) is 12.6. The highest BCUT2D eigenvalue weighted by Crippen LogP contribution is 2.42. The molecule has 0 saturated carbocycles. The Labute approximate surface area is 317 Å². The van der Waals surface area contributed by atoms with E-state index >= 15 is 0 Å². The summed E-state index contributed by atoms with van der Waals surface area (Å²) in [5, 5.41) is 6.94. The van der Waals surface area contributed by atoms with Crippen LogP contribution in [0.5, 0.6) is 0 Å². The summed E-state index contributed by atoms with van der Waals surface area (Å²) in [4.78, 5) is 7.23. The van der Waals surface area contributed by atoms with E-state index in [0.29, 0.717) is 5.89 Å². The Hall–Kier alpha value is -7.43. The van der Waals surface area contributed by atoms with E-state index < -0.39 is 0 Å². The molecule has 9 aromatic carbocycles. The average Bonchev–Trinajstić information content (AvgIpc) is 3.85. The summed E-state index contributed by atoms with van der Waals surface area (Å²) in [5.41, 5.74) is 11.7. The van der Waals surface area contributed by atoms with Gasteiger partial charge >= 0.3 is 0 Å². The molecule has 11 rings (SSSR count). The van der Waals surface area contributed by atoms with Crippen molar-refractivity contribution in [1.29, 1.82) is 0 Å². The van der Waals surface area contributed by atoms with Crippen molar-refractivity contribution >= 4 is 71.5 Å². The van der Waals surface area contributed by atoms with Crippen molar-refractivity contribution in [2.75, 3.05) is 4.90 Å².